The van der Waals surface area contributed by atoms with E-state index in [0.29, 0.717) is 11.4 Å². The molecular formula is C12H16N2O3. The summed E-state index contributed by atoms with van der Waals surface area (Å²) in [6.45, 7) is 1.90. The fourth-order valence-corrected chi connectivity index (χ4v) is 1.78. The summed E-state index contributed by atoms with van der Waals surface area (Å²) in [4.78, 5) is 15.3. The molecule has 0 amide bonds. The summed E-state index contributed by atoms with van der Waals surface area (Å²) in [6.07, 6.45) is 3.79. The average Bonchev–Trinajstić information content (AvgIpc) is 2.40. The number of nitrogens with zero attached hydrogens (tertiary/aromatic N) is 1. The normalized spacial score (nSPS) is 19.7. The molecule has 1 atom stereocenters. The molecule has 0 spiro atoms. The van der Waals surface area contributed by atoms with Crippen LogP contribution in [-0.2, 0) is 4.74 Å². The molecule has 1 saturated heterocycles. The molecule has 0 bridgehead atoms. The van der Waals surface area contributed by atoms with Crippen molar-refractivity contribution < 1.29 is 14.3 Å². The smallest absolute Gasteiger partial charge is 0.339 e. The minimum Gasteiger partial charge on any atom is -0.473 e. The molecule has 1 fully saturated rings. The van der Waals surface area contributed by atoms with Crippen molar-refractivity contribution >= 4 is 5.97 Å². The van der Waals surface area contributed by atoms with Crippen molar-refractivity contribution in [1.82, 2.24) is 10.3 Å². The standard InChI is InChI=1S/C12H16N2O3/c1-16-12(15)9-4-5-11(14-7-9)17-10-3-2-6-13-8-10/h4-5,7,10,13H,2-3,6,8H2,1H3. The maximum atomic E-state index is 11.2. The quantitative estimate of drug-likeness (QED) is 0.793. The van der Waals surface area contributed by atoms with E-state index in [1.54, 1.807) is 12.1 Å². The Morgan fingerprint density at radius 1 is 1.53 bits per heavy atom. The molecule has 1 N–H and O–H groups in total. The zero-order valence-electron chi connectivity index (χ0n) is 9.81. The number of ether oxygens (including phenoxy) is 2. The van der Waals surface area contributed by atoms with Gasteiger partial charge in [-0.25, -0.2) is 9.78 Å². The monoisotopic (exact) mass is 236 g/mol. The van der Waals surface area contributed by atoms with Gasteiger partial charge >= 0.3 is 5.97 Å². The number of carbonyl (C=O) groups is 1. The first-order valence-corrected chi connectivity index (χ1v) is 5.71. The molecule has 1 unspecified atom stereocenters. The van der Waals surface area contributed by atoms with Crippen LogP contribution in [0.25, 0.3) is 0 Å². The van der Waals surface area contributed by atoms with Gasteiger partial charge in [-0.05, 0) is 25.5 Å². The number of aromatic nitrogens is 1. The minimum absolute atomic E-state index is 0.167. The molecule has 0 aliphatic carbocycles. The third kappa shape index (κ3) is 3.17. The van der Waals surface area contributed by atoms with E-state index >= 15 is 0 Å². The van der Waals surface area contributed by atoms with E-state index in [2.05, 4.69) is 15.0 Å². The first kappa shape index (κ1) is 11.9. The number of methoxy groups -OCH3 is 1. The number of piperidine rings is 1. The largest absolute Gasteiger partial charge is 0.473 e. The van der Waals surface area contributed by atoms with Crippen LogP contribution in [0.3, 0.4) is 0 Å². The second-order valence-corrected chi connectivity index (χ2v) is 3.96. The number of carbonyl (C=O) groups excluding carboxylic acids is 1. The summed E-state index contributed by atoms with van der Waals surface area (Å²) in [7, 11) is 1.35. The number of hydrogen-bond donors (Lipinski definition) is 1. The van der Waals surface area contributed by atoms with Gasteiger partial charge in [-0.2, -0.15) is 0 Å². The predicted molar refractivity (Wildman–Crippen MR) is 62.1 cm³/mol. The van der Waals surface area contributed by atoms with Crippen LogP contribution in [0.5, 0.6) is 5.88 Å². The molecule has 0 radical (unpaired) electrons. The van der Waals surface area contributed by atoms with E-state index in [1.165, 1.54) is 13.3 Å². The van der Waals surface area contributed by atoms with Crippen molar-refractivity contribution in [3.05, 3.63) is 23.9 Å². The Bertz CT molecular complexity index is 372. The van der Waals surface area contributed by atoms with Gasteiger partial charge < -0.3 is 14.8 Å². The Morgan fingerprint density at radius 2 is 2.41 bits per heavy atom. The Balaban J connectivity index is 1.95. The molecule has 5 nitrogen and oxygen atoms in total. The molecule has 1 aliphatic heterocycles. The van der Waals surface area contributed by atoms with Gasteiger partial charge in [-0.3, -0.25) is 0 Å². The van der Waals surface area contributed by atoms with Gasteiger partial charge in [0.2, 0.25) is 5.88 Å². The molecule has 2 rings (SSSR count). The van der Waals surface area contributed by atoms with Gasteiger partial charge in [-0.1, -0.05) is 0 Å². The molecule has 0 saturated carbocycles. The van der Waals surface area contributed by atoms with Gasteiger partial charge in [0.1, 0.15) is 6.10 Å². The number of nitrogens with one attached hydrogen (secondary N) is 1. The van der Waals surface area contributed by atoms with Crippen molar-refractivity contribution in [2.75, 3.05) is 20.2 Å². The molecule has 1 aromatic heterocycles. The summed E-state index contributed by atoms with van der Waals surface area (Å²) >= 11 is 0. The lowest BCUT2D eigenvalue weighted by atomic mass is 10.1. The van der Waals surface area contributed by atoms with Crippen LogP contribution < -0.4 is 10.1 Å². The molecule has 1 aromatic rings. The highest BCUT2D eigenvalue weighted by Gasteiger charge is 2.15. The maximum Gasteiger partial charge on any atom is 0.339 e. The van der Waals surface area contributed by atoms with Crippen LogP contribution >= 0.6 is 0 Å². The average molecular weight is 236 g/mol. The maximum absolute atomic E-state index is 11.2. The van der Waals surface area contributed by atoms with Crippen molar-refractivity contribution in [1.29, 1.82) is 0 Å². The topological polar surface area (TPSA) is 60.5 Å². The van der Waals surface area contributed by atoms with E-state index in [0.717, 1.165) is 25.9 Å². The lowest BCUT2D eigenvalue weighted by Gasteiger charge is -2.23. The predicted octanol–water partition coefficient (Wildman–Crippen LogP) is 0.999. The third-order valence-electron chi connectivity index (χ3n) is 2.70. The van der Waals surface area contributed by atoms with E-state index in [-0.39, 0.29) is 12.1 Å². The van der Waals surface area contributed by atoms with Crippen LogP contribution in [0.2, 0.25) is 0 Å². The molecule has 92 valence electrons. The van der Waals surface area contributed by atoms with Crippen molar-refractivity contribution in [2.45, 2.75) is 18.9 Å². The first-order valence-electron chi connectivity index (χ1n) is 5.71. The van der Waals surface area contributed by atoms with Crippen LogP contribution in [-0.4, -0.2) is 37.3 Å². The molecular weight excluding hydrogens is 220 g/mol. The fourth-order valence-electron chi connectivity index (χ4n) is 1.78. The van der Waals surface area contributed by atoms with Crippen molar-refractivity contribution in [3.63, 3.8) is 0 Å². The fraction of sp³-hybridized carbons (Fsp3) is 0.500. The third-order valence-corrected chi connectivity index (χ3v) is 2.70. The van der Waals surface area contributed by atoms with Crippen molar-refractivity contribution in [3.8, 4) is 5.88 Å². The Kier molecular flexibility index (Phi) is 3.93. The number of rotatable bonds is 3. The highest BCUT2D eigenvalue weighted by atomic mass is 16.5. The van der Waals surface area contributed by atoms with E-state index < -0.39 is 0 Å². The molecule has 2 heterocycles. The summed E-state index contributed by atoms with van der Waals surface area (Å²) < 4.78 is 10.3. The van der Waals surface area contributed by atoms with Gasteiger partial charge in [-0.15, -0.1) is 0 Å². The number of hydrogen-bond acceptors (Lipinski definition) is 5. The zero-order chi connectivity index (χ0) is 12.1. The molecule has 17 heavy (non-hydrogen) atoms. The Morgan fingerprint density at radius 3 is 3.00 bits per heavy atom. The Labute approximate surface area is 100 Å². The number of esters is 1. The summed E-state index contributed by atoms with van der Waals surface area (Å²) in [5.41, 5.74) is 0.432. The molecule has 1 aliphatic rings. The minimum atomic E-state index is -0.386. The van der Waals surface area contributed by atoms with Crippen LogP contribution in [0.1, 0.15) is 23.2 Å². The van der Waals surface area contributed by atoms with Gasteiger partial charge in [0.05, 0.1) is 12.7 Å². The summed E-state index contributed by atoms with van der Waals surface area (Å²) in [6, 6.07) is 3.35. The molecule has 5 heteroatoms. The lowest BCUT2D eigenvalue weighted by Crippen LogP contribution is -2.37. The summed E-state index contributed by atoms with van der Waals surface area (Å²) in [5, 5.41) is 3.27. The zero-order valence-corrected chi connectivity index (χ0v) is 9.81. The first-order chi connectivity index (χ1) is 8.29. The SMILES string of the molecule is COC(=O)c1ccc(OC2CCCNC2)nc1. The van der Waals surface area contributed by atoms with Crippen molar-refractivity contribution in [2.24, 2.45) is 0 Å². The van der Waals surface area contributed by atoms with Gasteiger partial charge in [0.25, 0.3) is 0 Å². The van der Waals surface area contributed by atoms with E-state index in [4.69, 9.17) is 4.74 Å². The van der Waals surface area contributed by atoms with Crippen LogP contribution in [0.4, 0.5) is 0 Å². The highest BCUT2D eigenvalue weighted by Crippen LogP contribution is 2.13. The van der Waals surface area contributed by atoms with E-state index in [1.807, 2.05) is 0 Å². The van der Waals surface area contributed by atoms with E-state index in [9.17, 15) is 4.79 Å². The molecule has 0 aromatic carbocycles. The highest BCUT2D eigenvalue weighted by molar-refractivity contribution is 5.88. The lowest BCUT2D eigenvalue weighted by molar-refractivity contribution is 0.0600. The second-order valence-electron chi connectivity index (χ2n) is 3.96. The Hall–Kier alpha value is -1.62. The van der Waals surface area contributed by atoms with Crippen LogP contribution in [0.15, 0.2) is 18.3 Å². The summed E-state index contributed by atoms with van der Waals surface area (Å²) in [5.74, 6) is 0.162. The number of pyridine rings is 1. The van der Waals surface area contributed by atoms with Gasteiger partial charge in [0, 0.05) is 18.8 Å². The second kappa shape index (κ2) is 5.63. The van der Waals surface area contributed by atoms with Crippen LogP contribution in [0, 0.1) is 0 Å². The van der Waals surface area contributed by atoms with Gasteiger partial charge in [0.15, 0.2) is 0 Å².